The zero-order valence-electron chi connectivity index (χ0n) is 45.6. The molecule has 4 aromatic heterocycles. The molecule has 0 amide bonds. The first-order valence-electron chi connectivity index (χ1n) is 25.2. The van der Waals surface area contributed by atoms with Crippen LogP contribution in [0, 0.1) is 38.3 Å². The number of para-hydroxylation sites is 2. The fourth-order valence-electron chi connectivity index (χ4n) is 9.09. The van der Waals surface area contributed by atoms with Crippen molar-refractivity contribution < 1.29 is 27.3 Å². The van der Waals surface area contributed by atoms with Gasteiger partial charge in [-0.1, -0.05) is 161 Å². The van der Waals surface area contributed by atoms with Crippen LogP contribution < -0.4 is 5.19 Å². The van der Waals surface area contributed by atoms with Crippen molar-refractivity contribution in [2.75, 3.05) is 0 Å². The second-order valence-electron chi connectivity index (χ2n) is 22.3. The fraction of sp³-hybridized carbons (Fsp3) is 0.339. The van der Waals surface area contributed by atoms with Crippen LogP contribution in [-0.2, 0) is 31.9 Å². The van der Waals surface area contributed by atoms with E-state index in [0.717, 1.165) is 77.6 Å². The smallest absolute Gasteiger partial charge is 0.216 e. The van der Waals surface area contributed by atoms with Crippen molar-refractivity contribution in [2.24, 2.45) is 5.41 Å². The molecule has 0 saturated heterocycles. The maximum atomic E-state index is 8.89. The molecule has 0 bridgehead atoms. The summed E-state index contributed by atoms with van der Waals surface area (Å²) < 4.78 is 26.7. The summed E-state index contributed by atoms with van der Waals surface area (Å²) in [5.74, 6) is 1.40. The Labute approximate surface area is 429 Å². The molecule has 69 heavy (non-hydrogen) atoms. The van der Waals surface area contributed by atoms with Crippen molar-refractivity contribution in [3.05, 3.63) is 161 Å². The summed E-state index contributed by atoms with van der Waals surface area (Å²) in [4.78, 5) is 14.8. The van der Waals surface area contributed by atoms with Crippen LogP contribution in [0.25, 0.3) is 72.6 Å². The van der Waals surface area contributed by atoms with Crippen LogP contribution in [0.15, 0.2) is 114 Å². The molecule has 0 N–H and O–H groups in total. The molecule has 0 aliphatic rings. The molecule has 0 aliphatic heterocycles. The SMILES string of the molecule is Cc1cc2c(nc1C)oc1c(-c3nc4ccccc4n3-c3c(C(C)C)cc(-c4ccccc4)cc3C(C)C)[c-]cc(C)c12.[2H]C([2H])(c1cc(-c2[c-]ccc(C(C)(C)C)c2)ncc1[Si](C)(C)C)C(C)(C)C.[Ir]. The van der Waals surface area contributed by atoms with Crippen molar-refractivity contribution >= 4 is 46.4 Å². The normalized spacial score (nSPS) is 12.9. The van der Waals surface area contributed by atoms with Crippen LogP contribution >= 0.6 is 0 Å². The summed E-state index contributed by atoms with van der Waals surface area (Å²) in [6.45, 7) is 34.6. The summed E-state index contributed by atoms with van der Waals surface area (Å²) >= 11 is 0. The van der Waals surface area contributed by atoms with E-state index in [0.29, 0.717) is 5.71 Å². The molecule has 1 radical (unpaired) electrons. The number of benzene rings is 5. The average molecular weight is 1110 g/mol. The molecule has 9 aromatic rings. The minimum absolute atomic E-state index is 0. The first kappa shape index (κ1) is 48.6. The van der Waals surface area contributed by atoms with E-state index in [1.54, 1.807) is 0 Å². The maximum absolute atomic E-state index is 8.89. The summed E-state index contributed by atoms with van der Waals surface area (Å²) in [5.41, 5.74) is 17.0. The number of aryl methyl sites for hydroxylation is 3. The number of nitrogens with zero attached hydrogens (tertiary/aromatic N) is 4. The van der Waals surface area contributed by atoms with E-state index < -0.39 is 19.9 Å². The number of fused-ring (bicyclic) bond motifs is 4. The molecule has 0 fully saturated rings. The Morgan fingerprint density at radius 2 is 1.41 bits per heavy atom. The van der Waals surface area contributed by atoms with Gasteiger partial charge in [-0.05, 0) is 112 Å². The van der Waals surface area contributed by atoms with E-state index >= 15 is 0 Å². The zero-order valence-corrected chi connectivity index (χ0v) is 47.0. The van der Waals surface area contributed by atoms with Crippen molar-refractivity contribution in [1.82, 2.24) is 19.5 Å². The summed E-state index contributed by atoms with van der Waals surface area (Å²) in [6.07, 6.45) is 0.472. The summed E-state index contributed by atoms with van der Waals surface area (Å²) in [5, 5.41) is 3.20. The van der Waals surface area contributed by atoms with E-state index in [1.165, 1.54) is 33.5 Å². The second-order valence-corrected chi connectivity index (χ2v) is 27.4. The van der Waals surface area contributed by atoms with Gasteiger partial charge >= 0.3 is 0 Å². The minimum Gasteiger partial charge on any atom is -0.486 e. The van der Waals surface area contributed by atoms with Gasteiger partial charge in [0.05, 0.1) is 30.5 Å². The third-order valence-corrected chi connectivity index (χ3v) is 14.9. The van der Waals surface area contributed by atoms with E-state index in [1.807, 2.05) is 46.0 Å². The third kappa shape index (κ3) is 10.7. The van der Waals surface area contributed by atoms with E-state index in [4.69, 9.17) is 22.1 Å². The van der Waals surface area contributed by atoms with Crippen LogP contribution in [0.2, 0.25) is 19.6 Å². The van der Waals surface area contributed by atoms with Gasteiger partial charge < -0.3 is 14.0 Å². The second kappa shape index (κ2) is 19.7. The molecule has 0 unspecified atom stereocenters. The Kier molecular flexibility index (Phi) is 13.9. The minimum atomic E-state index is -1.74. The van der Waals surface area contributed by atoms with Gasteiger partial charge in [0, 0.05) is 45.8 Å². The van der Waals surface area contributed by atoms with Gasteiger partial charge in [0.15, 0.2) is 0 Å². The molecule has 359 valence electrons. The Morgan fingerprint density at radius 1 is 0.754 bits per heavy atom. The van der Waals surface area contributed by atoms with E-state index in [-0.39, 0.29) is 37.4 Å². The molecule has 5 aromatic carbocycles. The standard InChI is InChI=1S/C39H36N3O.C23H34NSi.Ir/c1-22(2)30-20-28(27-13-9-8-10-14-27)21-31(23(3)4)36(30)42-34-16-12-11-15-33(34)41-38(42)29-18-17-24(5)35-32-19-25(6)26(7)40-39(32)43-37(29)35;1-22(2,3)15-18-14-20(24-16-21(18)25(7,8)9)17-11-10-12-19(13-17)23(4,5)6;/h8-17,19-23H,1-7H3;10,12-14,16H,15H2,1-9H3;/q2*-1;/i;15D2;. The quantitative estimate of drug-likeness (QED) is 0.112. The number of aromatic nitrogens is 4. The Hall–Kier alpha value is -5.46. The largest absolute Gasteiger partial charge is 0.486 e. The van der Waals surface area contributed by atoms with Crippen LogP contribution in [-0.4, -0.2) is 27.6 Å². The van der Waals surface area contributed by atoms with Gasteiger partial charge in [-0.25, -0.2) is 4.98 Å². The van der Waals surface area contributed by atoms with Crippen molar-refractivity contribution in [1.29, 1.82) is 0 Å². The van der Waals surface area contributed by atoms with E-state index in [2.05, 4.69) is 190 Å². The molecule has 4 heterocycles. The molecule has 9 rings (SSSR count). The number of rotatable bonds is 8. The Bertz CT molecular complexity index is 3370. The zero-order chi connectivity index (χ0) is 50.8. The number of hydrogen-bond acceptors (Lipinski definition) is 4. The van der Waals surface area contributed by atoms with Gasteiger partial charge in [-0.2, -0.15) is 0 Å². The molecular weight excluding hydrogens is 1040 g/mol. The van der Waals surface area contributed by atoms with Crippen LogP contribution in [0.3, 0.4) is 0 Å². The summed E-state index contributed by atoms with van der Waals surface area (Å²) in [7, 11) is -1.74. The summed E-state index contributed by atoms with van der Waals surface area (Å²) in [6, 6.07) is 43.1. The Morgan fingerprint density at radius 3 is 2.03 bits per heavy atom. The first-order valence-corrected chi connectivity index (χ1v) is 27.7. The predicted octanol–water partition coefficient (Wildman–Crippen LogP) is 16.6. The van der Waals surface area contributed by atoms with Crippen molar-refractivity contribution in [3.63, 3.8) is 0 Å². The number of pyridine rings is 2. The van der Waals surface area contributed by atoms with Gasteiger partial charge in [0.1, 0.15) is 0 Å². The molecular formula is C62H70IrN4OSi-2. The number of imidazole rings is 1. The monoisotopic (exact) mass is 1110 g/mol. The van der Waals surface area contributed by atoms with Gasteiger partial charge in [0.2, 0.25) is 5.71 Å². The third-order valence-electron chi connectivity index (χ3n) is 12.9. The van der Waals surface area contributed by atoms with Gasteiger partial charge in [-0.3, -0.25) is 4.98 Å². The maximum Gasteiger partial charge on any atom is 0.216 e. The number of furan rings is 1. The number of hydrogen-bond donors (Lipinski definition) is 0. The van der Waals surface area contributed by atoms with E-state index in [9.17, 15) is 0 Å². The van der Waals surface area contributed by atoms with Crippen molar-refractivity contribution in [3.8, 4) is 39.5 Å². The van der Waals surface area contributed by atoms with Crippen LogP contribution in [0.5, 0.6) is 0 Å². The molecule has 0 aliphatic carbocycles. The topological polar surface area (TPSA) is 56.7 Å². The first-order chi connectivity index (χ1) is 32.8. The van der Waals surface area contributed by atoms with Crippen molar-refractivity contribution in [2.45, 2.75) is 133 Å². The van der Waals surface area contributed by atoms with Gasteiger partial charge in [-0.15, -0.1) is 53.1 Å². The van der Waals surface area contributed by atoms with Crippen LogP contribution in [0.1, 0.15) is 123 Å². The average Bonchev–Trinajstić information content (AvgIpc) is 3.87. The Balaban J connectivity index is 0.000000230. The molecule has 7 heteroatoms. The fourth-order valence-corrected chi connectivity index (χ4v) is 10.5. The molecule has 0 atom stereocenters. The molecule has 5 nitrogen and oxygen atoms in total. The molecule has 0 saturated carbocycles. The van der Waals surface area contributed by atoms with Crippen LogP contribution in [0.4, 0.5) is 0 Å². The molecule has 0 spiro atoms. The van der Waals surface area contributed by atoms with Gasteiger partial charge in [0.25, 0.3) is 0 Å². The predicted molar refractivity (Wildman–Crippen MR) is 292 cm³/mol.